The van der Waals surface area contributed by atoms with Gasteiger partial charge in [-0.05, 0) is 0 Å². The number of halogens is 3. The van der Waals surface area contributed by atoms with Crippen molar-refractivity contribution in [2.45, 2.75) is 11.1 Å². The number of carbonyl (C=O) groups is 1. The van der Waals surface area contributed by atoms with Crippen molar-refractivity contribution in [3.63, 3.8) is 0 Å². The first kappa shape index (κ1) is 18.4. The number of hydrogen-bond donors (Lipinski definition) is 1. The number of rotatable bonds is 3. The van der Waals surface area contributed by atoms with Crippen molar-refractivity contribution in [1.82, 2.24) is 29.2 Å². The molecule has 0 atom stereocenters. The van der Waals surface area contributed by atoms with E-state index in [1.54, 1.807) is 12.1 Å². The molecule has 9 nitrogen and oxygen atoms in total. The molecular weight excluding hydrogens is 377 g/mol. The molecule has 2 aromatic heterocycles. The third-order valence-electron chi connectivity index (χ3n) is 3.95. The van der Waals surface area contributed by atoms with Crippen LogP contribution in [0.3, 0.4) is 0 Å². The summed E-state index contributed by atoms with van der Waals surface area (Å²) in [4.78, 5) is 13.6. The largest absolute Gasteiger partial charge is 0.432 e. The summed E-state index contributed by atoms with van der Waals surface area (Å²) in [5, 5.41) is 9.01. The van der Waals surface area contributed by atoms with Gasteiger partial charge < -0.3 is 4.90 Å². The lowest BCUT2D eigenvalue weighted by molar-refractivity contribution is -0.141. The molecule has 0 unspecified atom stereocenters. The minimum atomic E-state index is -4.62. The van der Waals surface area contributed by atoms with Crippen LogP contribution in [0.4, 0.5) is 13.2 Å². The van der Waals surface area contributed by atoms with Crippen molar-refractivity contribution in [2.75, 3.05) is 26.2 Å². The number of aromatic nitrogens is 4. The topological polar surface area (TPSA) is 104 Å². The molecule has 0 bridgehead atoms. The zero-order chi connectivity index (χ0) is 19.1. The van der Waals surface area contributed by atoms with Crippen LogP contribution in [0.25, 0.3) is 0 Å². The number of H-pyrrole nitrogens is 1. The molecule has 1 N–H and O–H groups in total. The van der Waals surface area contributed by atoms with E-state index in [9.17, 15) is 26.4 Å². The molecule has 1 fully saturated rings. The molecular formula is C13H15F3N6O3S. The van der Waals surface area contributed by atoms with Crippen LogP contribution >= 0.6 is 0 Å². The maximum Gasteiger partial charge on any atom is 0.432 e. The monoisotopic (exact) mass is 392 g/mol. The second kappa shape index (κ2) is 6.39. The number of aromatic amines is 1. The average Bonchev–Trinajstić information content (AvgIpc) is 3.23. The molecule has 0 aliphatic carbocycles. The molecule has 0 aromatic carbocycles. The summed E-state index contributed by atoms with van der Waals surface area (Å²) in [7, 11) is -2.14. The van der Waals surface area contributed by atoms with Crippen LogP contribution in [0.2, 0.25) is 0 Å². The maximum absolute atomic E-state index is 12.6. The Morgan fingerprint density at radius 3 is 2.38 bits per heavy atom. The lowest BCUT2D eigenvalue weighted by Crippen LogP contribution is -2.50. The fraction of sp³-hybridized carbons (Fsp3) is 0.462. The standard InChI is InChI=1S/C13H15F3N6O3S/c1-20-8-9(7-17-20)26(24,25)22-4-2-21(3-5-22)12(23)10-6-11(19-18-10)13(14,15)16/h6-8H,2-5H2,1H3,(H,18,19). The molecule has 1 aliphatic heterocycles. The molecule has 0 radical (unpaired) electrons. The molecule has 0 saturated carbocycles. The van der Waals surface area contributed by atoms with E-state index in [-0.39, 0.29) is 36.8 Å². The van der Waals surface area contributed by atoms with E-state index < -0.39 is 27.8 Å². The number of piperazine rings is 1. The number of amides is 1. The van der Waals surface area contributed by atoms with E-state index in [1.165, 1.54) is 26.3 Å². The Bertz CT molecular complexity index is 912. The number of alkyl halides is 3. The van der Waals surface area contributed by atoms with Crippen molar-refractivity contribution >= 4 is 15.9 Å². The van der Waals surface area contributed by atoms with Gasteiger partial charge >= 0.3 is 6.18 Å². The normalized spacial score (nSPS) is 16.8. The van der Waals surface area contributed by atoms with Crippen LogP contribution in [0.1, 0.15) is 16.2 Å². The Morgan fingerprint density at radius 1 is 1.23 bits per heavy atom. The summed E-state index contributed by atoms with van der Waals surface area (Å²) in [5.74, 6) is -0.685. The first-order valence-electron chi connectivity index (χ1n) is 7.50. The Balaban J connectivity index is 1.67. The number of nitrogens with one attached hydrogen (secondary N) is 1. The maximum atomic E-state index is 12.6. The summed E-state index contributed by atoms with van der Waals surface area (Å²) in [6, 6.07) is 0.640. The van der Waals surface area contributed by atoms with Gasteiger partial charge in [-0.2, -0.15) is 27.7 Å². The fourth-order valence-corrected chi connectivity index (χ4v) is 3.96. The number of aryl methyl sites for hydroxylation is 1. The second-order valence-corrected chi connectivity index (χ2v) is 7.65. The predicted molar refractivity (Wildman–Crippen MR) is 81.5 cm³/mol. The van der Waals surface area contributed by atoms with E-state index in [0.717, 1.165) is 0 Å². The zero-order valence-corrected chi connectivity index (χ0v) is 14.4. The van der Waals surface area contributed by atoms with Crippen molar-refractivity contribution in [1.29, 1.82) is 0 Å². The van der Waals surface area contributed by atoms with Crippen molar-refractivity contribution in [3.05, 3.63) is 29.8 Å². The molecule has 142 valence electrons. The van der Waals surface area contributed by atoms with Gasteiger partial charge in [-0.15, -0.1) is 0 Å². The van der Waals surface area contributed by atoms with E-state index in [0.29, 0.717) is 6.07 Å². The summed E-state index contributed by atoms with van der Waals surface area (Å²) >= 11 is 0. The quantitative estimate of drug-likeness (QED) is 0.810. The smallest absolute Gasteiger partial charge is 0.335 e. The van der Waals surface area contributed by atoms with Gasteiger partial charge in [-0.1, -0.05) is 0 Å². The minimum absolute atomic E-state index is 0.0273. The molecule has 0 spiro atoms. The SMILES string of the molecule is Cn1cc(S(=O)(=O)N2CCN(C(=O)c3cc(C(F)(F)F)[nH]n3)CC2)cn1. The van der Waals surface area contributed by atoms with E-state index in [4.69, 9.17) is 0 Å². The van der Waals surface area contributed by atoms with E-state index in [1.807, 2.05) is 0 Å². The highest BCUT2D eigenvalue weighted by atomic mass is 32.2. The van der Waals surface area contributed by atoms with Crippen LogP contribution in [0.5, 0.6) is 0 Å². The van der Waals surface area contributed by atoms with Gasteiger partial charge in [0, 0.05) is 45.5 Å². The summed E-state index contributed by atoms with van der Waals surface area (Å²) in [5.41, 5.74) is -1.47. The minimum Gasteiger partial charge on any atom is -0.335 e. The van der Waals surface area contributed by atoms with Crippen LogP contribution in [-0.4, -0.2) is 69.7 Å². The van der Waals surface area contributed by atoms with Gasteiger partial charge in [0.1, 0.15) is 10.6 Å². The molecule has 26 heavy (non-hydrogen) atoms. The second-order valence-electron chi connectivity index (χ2n) is 5.71. The molecule has 13 heteroatoms. The highest BCUT2D eigenvalue weighted by Gasteiger charge is 2.35. The predicted octanol–water partition coefficient (Wildman–Crippen LogP) is 0.309. The van der Waals surface area contributed by atoms with Crippen molar-refractivity contribution in [3.8, 4) is 0 Å². The third kappa shape index (κ3) is 3.44. The van der Waals surface area contributed by atoms with Gasteiger partial charge in [0.2, 0.25) is 10.0 Å². The van der Waals surface area contributed by atoms with E-state index in [2.05, 4.69) is 10.2 Å². The van der Waals surface area contributed by atoms with Crippen LogP contribution in [-0.2, 0) is 23.2 Å². The highest BCUT2D eigenvalue weighted by Crippen LogP contribution is 2.28. The molecule has 1 aliphatic rings. The number of nitrogens with zero attached hydrogens (tertiary/aromatic N) is 5. The molecule has 2 aromatic rings. The van der Waals surface area contributed by atoms with Gasteiger partial charge in [-0.25, -0.2) is 8.42 Å². The fourth-order valence-electron chi connectivity index (χ4n) is 2.55. The van der Waals surface area contributed by atoms with Gasteiger partial charge in [0.25, 0.3) is 5.91 Å². The Morgan fingerprint density at radius 2 is 1.88 bits per heavy atom. The Kier molecular flexibility index (Phi) is 4.52. The first-order chi connectivity index (χ1) is 12.1. The van der Waals surface area contributed by atoms with E-state index >= 15 is 0 Å². The Hall–Kier alpha value is -2.41. The van der Waals surface area contributed by atoms with Gasteiger partial charge in [0.15, 0.2) is 5.69 Å². The summed E-state index contributed by atoms with van der Waals surface area (Å²) < 4.78 is 65.3. The molecule has 1 amide bonds. The number of hydrogen-bond acceptors (Lipinski definition) is 5. The zero-order valence-electron chi connectivity index (χ0n) is 13.6. The highest BCUT2D eigenvalue weighted by molar-refractivity contribution is 7.89. The van der Waals surface area contributed by atoms with Crippen LogP contribution in [0, 0.1) is 0 Å². The third-order valence-corrected chi connectivity index (χ3v) is 5.80. The molecule has 3 rings (SSSR count). The lowest BCUT2D eigenvalue weighted by Gasteiger charge is -2.33. The Labute approximate surface area is 146 Å². The first-order valence-corrected chi connectivity index (χ1v) is 8.94. The van der Waals surface area contributed by atoms with Crippen molar-refractivity contribution < 1.29 is 26.4 Å². The van der Waals surface area contributed by atoms with Crippen LogP contribution < -0.4 is 0 Å². The molecule has 3 heterocycles. The molecule has 1 saturated heterocycles. The van der Waals surface area contributed by atoms with Gasteiger partial charge in [0.05, 0.1) is 6.20 Å². The summed E-state index contributed by atoms with van der Waals surface area (Å²) in [6.07, 6.45) is -2.02. The lowest BCUT2D eigenvalue weighted by atomic mass is 10.3. The van der Waals surface area contributed by atoms with Crippen molar-refractivity contribution in [2.24, 2.45) is 7.05 Å². The number of carbonyl (C=O) groups excluding carboxylic acids is 1. The average molecular weight is 392 g/mol. The summed E-state index contributed by atoms with van der Waals surface area (Å²) in [6.45, 7) is 0.151. The van der Waals surface area contributed by atoms with Crippen LogP contribution in [0.15, 0.2) is 23.4 Å². The van der Waals surface area contributed by atoms with Gasteiger partial charge in [-0.3, -0.25) is 14.6 Å². The number of sulfonamides is 1.